The lowest BCUT2D eigenvalue weighted by Crippen LogP contribution is -2.38. The van der Waals surface area contributed by atoms with Crippen LogP contribution in [0.4, 0.5) is 0 Å². The lowest BCUT2D eigenvalue weighted by atomic mass is 10.0. The van der Waals surface area contributed by atoms with Crippen LogP contribution in [0.1, 0.15) is 25.8 Å². The van der Waals surface area contributed by atoms with E-state index in [1.54, 1.807) is 0 Å². The summed E-state index contributed by atoms with van der Waals surface area (Å²) < 4.78 is 0. The van der Waals surface area contributed by atoms with Crippen molar-refractivity contribution in [1.29, 1.82) is 0 Å². The summed E-state index contributed by atoms with van der Waals surface area (Å²) in [4.78, 5) is 6.73. The molecular weight excluding hydrogens is 258 g/mol. The normalized spacial score (nSPS) is 13.2. The number of likely N-dealkylation sites (N-methyl/N-ethyl adjacent to an activating group) is 1. The molecule has 0 aliphatic rings. The van der Waals surface area contributed by atoms with Crippen LogP contribution in [0.15, 0.2) is 36.5 Å². The Morgan fingerprint density at radius 1 is 1.14 bits per heavy atom. The Bertz CT molecular complexity index is 558. The minimum Gasteiger partial charge on any atom is -0.311 e. The zero-order chi connectivity index (χ0) is 15.2. The molecule has 3 nitrogen and oxygen atoms in total. The minimum absolute atomic E-state index is 0.582. The number of para-hydroxylation sites is 1. The number of pyridine rings is 1. The van der Waals surface area contributed by atoms with Crippen molar-refractivity contribution in [2.24, 2.45) is 5.92 Å². The van der Waals surface area contributed by atoms with Crippen molar-refractivity contribution in [3.8, 4) is 0 Å². The largest absolute Gasteiger partial charge is 0.311 e. The van der Waals surface area contributed by atoms with Crippen molar-refractivity contribution in [2.45, 2.75) is 32.9 Å². The topological polar surface area (TPSA) is 28.2 Å². The Morgan fingerprint density at radius 3 is 2.62 bits per heavy atom. The molecule has 1 N–H and O–H groups in total. The molecule has 2 rings (SSSR count). The summed E-state index contributed by atoms with van der Waals surface area (Å²) in [5.41, 5.74) is 2.39. The van der Waals surface area contributed by atoms with Crippen LogP contribution in [0.25, 0.3) is 10.9 Å². The van der Waals surface area contributed by atoms with Crippen molar-refractivity contribution in [1.82, 2.24) is 15.2 Å². The van der Waals surface area contributed by atoms with Crippen molar-refractivity contribution < 1.29 is 0 Å². The Balaban J connectivity index is 1.98. The average molecular weight is 285 g/mol. The second-order valence-electron chi connectivity index (χ2n) is 6.37. The molecule has 21 heavy (non-hydrogen) atoms. The fourth-order valence-electron chi connectivity index (χ4n) is 2.70. The fraction of sp³-hybridized carbons (Fsp3) is 0.500. The van der Waals surface area contributed by atoms with Crippen molar-refractivity contribution in [3.63, 3.8) is 0 Å². The maximum absolute atomic E-state index is 4.42. The standard InChI is InChI=1S/C18H27N3/c1-14(2)11-16(21(3)4)13-19-12-15-9-10-20-18-8-6-5-7-17(15)18/h5-10,14,16,19H,11-13H2,1-4H3. The molecule has 1 aromatic carbocycles. The van der Waals surface area contributed by atoms with E-state index in [0.29, 0.717) is 6.04 Å². The SMILES string of the molecule is CC(C)CC(CNCc1ccnc2ccccc12)N(C)C. The molecule has 0 radical (unpaired) electrons. The molecule has 1 aromatic heterocycles. The van der Waals surface area contributed by atoms with Gasteiger partial charge in [-0.2, -0.15) is 0 Å². The highest BCUT2D eigenvalue weighted by molar-refractivity contribution is 5.81. The summed E-state index contributed by atoms with van der Waals surface area (Å²) in [5.74, 6) is 0.723. The number of fused-ring (bicyclic) bond motifs is 1. The highest BCUT2D eigenvalue weighted by atomic mass is 15.1. The predicted octanol–water partition coefficient (Wildman–Crippen LogP) is 3.30. The molecule has 0 saturated heterocycles. The van der Waals surface area contributed by atoms with Crippen molar-refractivity contribution >= 4 is 10.9 Å². The minimum atomic E-state index is 0.582. The Morgan fingerprint density at radius 2 is 1.90 bits per heavy atom. The molecule has 0 aliphatic heterocycles. The van der Waals surface area contributed by atoms with Gasteiger partial charge >= 0.3 is 0 Å². The molecule has 1 atom stereocenters. The molecule has 0 aliphatic carbocycles. The van der Waals surface area contributed by atoms with Gasteiger partial charge in [-0.1, -0.05) is 32.0 Å². The molecule has 2 aromatic rings. The summed E-state index contributed by atoms with van der Waals surface area (Å²) in [6, 6.07) is 11.0. The second-order valence-corrected chi connectivity index (χ2v) is 6.37. The van der Waals surface area contributed by atoms with E-state index < -0.39 is 0 Å². The third-order valence-corrected chi connectivity index (χ3v) is 3.91. The van der Waals surface area contributed by atoms with Crippen LogP contribution in [-0.2, 0) is 6.54 Å². The van der Waals surface area contributed by atoms with Gasteiger partial charge < -0.3 is 10.2 Å². The maximum Gasteiger partial charge on any atom is 0.0705 e. The quantitative estimate of drug-likeness (QED) is 0.846. The van der Waals surface area contributed by atoms with E-state index >= 15 is 0 Å². The van der Waals surface area contributed by atoms with E-state index in [1.165, 1.54) is 17.4 Å². The highest BCUT2D eigenvalue weighted by Gasteiger charge is 2.13. The van der Waals surface area contributed by atoms with Gasteiger partial charge in [-0.15, -0.1) is 0 Å². The smallest absolute Gasteiger partial charge is 0.0705 e. The summed E-state index contributed by atoms with van der Waals surface area (Å²) in [6.07, 6.45) is 3.12. The maximum atomic E-state index is 4.42. The first-order valence-electron chi connectivity index (χ1n) is 7.77. The number of benzene rings is 1. The van der Waals surface area contributed by atoms with Crippen LogP contribution in [-0.4, -0.2) is 36.6 Å². The Labute approximate surface area is 128 Å². The van der Waals surface area contributed by atoms with E-state index in [9.17, 15) is 0 Å². The third kappa shape index (κ3) is 4.51. The lowest BCUT2D eigenvalue weighted by Gasteiger charge is -2.26. The van der Waals surface area contributed by atoms with Crippen LogP contribution < -0.4 is 5.32 Å². The first-order valence-corrected chi connectivity index (χ1v) is 7.77. The first kappa shape index (κ1) is 15.9. The number of nitrogens with one attached hydrogen (secondary N) is 1. The van der Waals surface area contributed by atoms with Crippen LogP contribution in [0.5, 0.6) is 0 Å². The Kier molecular flexibility index (Phi) is 5.71. The highest BCUT2D eigenvalue weighted by Crippen LogP contribution is 2.16. The molecule has 0 spiro atoms. The molecule has 0 bridgehead atoms. The zero-order valence-corrected chi connectivity index (χ0v) is 13.6. The summed E-state index contributed by atoms with van der Waals surface area (Å²) in [5, 5.41) is 4.86. The molecular formula is C18H27N3. The van der Waals surface area contributed by atoms with Gasteiger partial charge in [-0.3, -0.25) is 4.98 Å². The molecule has 0 saturated carbocycles. The summed E-state index contributed by atoms with van der Waals surface area (Å²) >= 11 is 0. The number of nitrogens with zero attached hydrogens (tertiary/aromatic N) is 2. The van der Waals surface area contributed by atoms with E-state index in [4.69, 9.17) is 0 Å². The number of rotatable bonds is 7. The van der Waals surface area contributed by atoms with Gasteiger partial charge in [-0.05, 0) is 44.1 Å². The van der Waals surface area contributed by atoms with Crippen molar-refractivity contribution in [3.05, 3.63) is 42.1 Å². The van der Waals surface area contributed by atoms with Gasteiger partial charge in [0.1, 0.15) is 0 Å². The van der Waals surface area contributed by atoms with Gasteiger partial charge in [0.25, 0.3) is 0 Å². The number of aromatic nitrogens is 1. The van der Waals surface area contributed by atoms with Gasteiger partial charge in [0, 0.05) is 30.7 Å². The van der Waals surface area contributed by atoms with Gasteiger partial charge in [-0.25, -0.2) is 0 Å². The van der Waals surface area contributed by atoms with Gasteiger partial charge in [0.05, 0.1) is 5.52 Å². The van der Waals surface area contributed by atoms with E-state index in [0.717, 1.165) is 24.5 Å². The number of hydrogen-bond donors (Lipinski definition) is 1. The third-order valence-electron chi connectivity index (χ3n) is 3.91. The lowest BCUT2D eigenvalue weighted by molar-refractivity contribution is 0.247. The second kappa shape index (κ2) is 7.53. The van der Waals surface area contributed by atoms with E-state index in [2.05, 4.69) is 67.4 Å². The van der Waals surface area contributed by atoms with Gasteiger partial charge in [0.15, 0.2) is 0 Å². The van der Waals surface area contributed by atoms with Crippen molar-refractivity contribution in [2.75, 3.05) is 20.6 Å². The zero-order valence-electron chi connectivity index (χ0n) is 13.6. The first-order chi connectivity index (χ1) is 10.1. The van der Waals surface area contributed by atoms with E-state index in [-0.39, 0.29) is 0 Å². The van der Waals surface area contributed by atoms with Crippen LogP contribution in [0.2, 0.25) is 0 Å². The van der Waals surface area contributed by atoms with Crippen LogP contribution >= 0.6 is 0 Å². The fourth-order valence-corrected chi connectivity index (χ4v) is 2.70. The molecule has 3 heteroatoms. The molecule has 0 fully saturated rings. The molecule has 1 heterocycles. The molecule has 1 unspecified atom stereocenters. The Hall–Kier alpha value is -1.45. The number of hydrogen-bond acceptors (Lipinski definition) is 3. The monoisotopic (exact) mass is 285 g/mol. The molecule has 0 amide bonds. The predicted molar refractivity (Wildman–Crippen MR) is 90.4 cm³/mol. The summed E-state index contributed by atoms with van der Waals surface area (Å²) in [7, 11) is 4.33. The van der Waals surface area contributed by atoms with Gasteiger partial charge in [0.2, 0.25) is 0 Å². The summed E-state index contributed by atoms with van der Waals surface area (Å²) in [6.45, 7) is 6.48. The van der Waals surface area contributed by atoms with Crippen LogP contribution in [0.3, 0.4) is 0 Å². The van der Waals surface area contributed by atoms with E-state index in [1.807, 2.05) is 12.3 Å². The average Bonchev–Trinajstić information content (AvgIpc) is 2.46. The van der Waals surface area contributed by atoms with Crippen LogP contribution in [0, 0.1) is 5.92 Å². The molecule has 114 valence electrons.